The Balaban J connectivity index is 1.75. The number of ether oxygens (including phenoxy) is 1. The van der Waals surface area contributed by atoms with E-state index in [1.54, 1.807) is 55.7 Å². The van der Waals surface area contributed by atoms with Crippen LogP contribution in [0.5, 0.6) is 0 Å². The minimum atomic E-state index is -0.990. The number of aromatic nitrogens is 4. The van der Waals surface area contributed by atoms with Crippen LogP contribution in [-0.4, -0.2) is 50.9 Å². The minimum Gasteiger partial charge on any atom is -0.462 e. The first-order valence-corrected chi connectivity index (χ1v) is 12.9. The van der Waals surface area contributed by atoms with E-state index in [9.17, 15) is 14.4 Å². The predicted octanol–water partition coefficient (Wildman–Crippen LogP) is 3.94. The smallest absolute Gasteiger partial charge is 0.338 e. The van der Waals surface area contributed by atoms with Crippen LogP contribution in [0.15, 0.2) is 73.1 Å². The Labute approximate surface area is 227 Å². The molecule has 0 saturated carbocycles. The zero-order chi connectivity index (χ0) is 27.8. The Morgan fingerprint density at radius 2 is 1.72 bits per heavy atom. The van der Waals surface area contributed by atoms with Gasteiger partial charge in [-0.2, -0.15) is 0 Å². The van der Waals surface area contributed by atoms with Gasteiger partial charge < -0.3 is 10.1 Å². The summed E-state index contributed by atoms with van der Waals surface area (Å²) in [7, 11) is 0. The number of carbonyl (C=O) groups excluding carboxylic acids is 3. The van der Waals surface area contributed by atoms with Crippen LogP contribution in [0.4, 0.5) is 5.69 Å². The maximum absolute atomic E-state index is 14.0. The Morgan fingerprint density at radius 1 is 1.00 bits per heavy atom. The van der Waals surface area contributed by atoms with Crippen LogP contribution in [0.2, 0.25) is 0 Å². The van der Waals surface area contributed by atoms with Crippen molar-refractivity contribution in [1.29, 1.82) is 0 Å². The van der Waals surface area contributed by atoms with Crippen molar-refractivity contribution < 1.29 is 19.1 Å². The average molecular weight is 529 g/mol. The molecule has 4 rings (SSSR count). The highest BCUT2D eigenvalue weighted by molar-refractivity contribution is 6.02. The van der Waals surface area contributed by atoms with Gasteiger partial charge in [0.15, 0.2) is 0 Å². The highest BCUT2D eigenvalue weighted by atomic mass is 16.5. The minimum absolute atomic E-state index is 0.152. The maximum Gasteiger partial charge on any atom is 0.338 e. The van der Waals surface area contributed by atoms with Gasteiger partial charge in [0.05, 0.1) is 17.7 Å². The van der Waals surface area contributed by atoms with Crippen molar-refractivity contribution >= 4 is 34.5 Å². The first-order chi connectivity index (χ1) is 18.9. The molecule has 10 heteroatoms. The van der Waals surface area contributed by atoms with Crippen LogP contribution in [0.25, 0.3) is 11.0 Å². The second-order valence-electron chi connectivity index (χ2n) is 9.42. The van der Waals surface area contributed by atoms with Gasteiger partial charge >= 0.3 is 5.97 Å². The zero-order valence-corrected chi connectivity index (χ0v) is 22.3. The summed E-state index contributed by atoms with van der Waals surface area (Å²) < 4.78 is 6.61. The lowest BCUT2D eigenvalue weighted by atomic mass is 10.0. The van der Waals surface area contributed by atoms with Gasteiger partial charge in [-0.3, -0.25) is 19.5 Å². The summed E-state index contributed by atoms with van der Waals surface area (Å²) in [4.78, 5) is 45.5. The highest BCUT2D eigenvalue weighted by Crippen LogP contribution is 2.29. The van der Waals surface area contributed by atoms with Crippen LogP contribution in [0.1, 0.15) is 49.2 Å². The molecule has 2 aromatic heterocycles. The summed E-state index contributed by atoms with van der Waals surface area (Å²) in [6.07, 6.45) is 3.96. The molecule has 0 fully saturated rings. The number of rotatable bonds is 11. The maximum atomic E-state index is 14.0. The number of nitrogens with one attached hydrogen (secondary N) is 1. The standard InChI is InChI=1S/C29H32N6O4/c1-4-39-29(38)22-9-11-23(12-10-22)35(26(36)19-34-25-8-6-5-7-24(25)32-33-34)27(21-14-16-30-17-15-21)28(37)31-18-13-20(2)3/h5-12,14-17,20,27H,4,13,18-19H2,1-3H3,(H,31,37)/t27-/m1/s1. The summed E-state index contributed by atoms with van der Waals surface area (Å²) in [5.74, 6) is -0.768. The highest BCUT2D eigenvalue weighted by Gasteiger charge is 2.33. The second kappa shape index (κ2) is 12.8. The molecule has 2 heterocycles. The van der Waals surface area contributed by atoms with Crippen LogP contribution >= 0.6 is 0 Å². The second-order valence-corrected chi connectivity index (χ2v) is 9.42. The molecule has 10 nitrogen and oxygen atoms in total. The van der Waals surface area contributed by atoms with Crippen molar-refractivity contribution in [1.82, 2.24) is 25.3 Å². The number of anilines is 1. The first-order valence-electron chi connectivity index (χ1n) is 12.9. The Kier molecular flexibility index (Phi) is 8.98. The number of carbonyl (C=O) groups is 3. The van der Waals surface area contributed by atoms with E-state index in [2.05, 4.69) is 34.5 Å². The van der Waals surface area contributed by atoms with E-state index in [4.69, 9.17) is 4.74 Å². The fourth-order valence-electron chi connectivity index (χ4n) is 4.19. The number of hydrogen-bond acceptors (Lipinski definition) is 7. The van der Waals surface area contributed by atoms with Crippen molar-refractivity contribution in [3.05, 3.63) is 84.2 Å². The topological polar surface area (TPSA) is 119 Å². The van der Waals surface area contributed by atoms with Gasteiger partial charge in [0.1, 0.15) is 18.1 Å². The molecule has 2 aromatic carbocycles. The number of benzene rings is 2. The largest absolute Gasteiger partial charge is 0.462 e. The van der Waals surface area contributed by atoms with Gasteiger partial charge in [-0.05, 0) is 73.4 Å². The van der Waals surface area contributed by atoms with Gasteiger partial charge in [0.2, 0.25) is 11.8 Å². The van der Waals surface area contributed by atoms with E-state index in [-0.39, 0.29) is 25.0 Å². The predicted molar refractivity (Wildman–Crippen MR) is 147 cm³/mol. The quantitative estimate of drug-likeness (QED) is 0.293. The lowest BCUT2D eigenvalue weighted by Gasteiger charge is -2.31. The molecular formula is C29H32N6O4. The third kappa shape index (κ3) is 6.64. The zero-order valence-electron chi connectivity index (χ0n) is 22.3. The lowest BCUT2D eigenvalue weighted by Crippen LogP contribution is -2.45. The number of para-hydroxylation sites is 1. The molecule has 39 heavy (non-hydrogen) atoms. The monoisotopic (exact) mass is 528 g/mol. The fraction of sp³-hybridized carbons (Fsp3) is 0.310. The molecule has 0 unspecified atom stereocenters. The van der Waals surface area contributed by atoms with E-state index >= 15 is 0 Å². The molecule has 2 amide bonds. The van der Waals surface area contributed by atoms with Crippen molar-refractivity contribution in [2.45, 2.75) is 39.8 Å². The number of hydrogen-bond donors (Lipinski definition) is 1. The molecule has 4 aromatic rings. The van der Waals surface area contributed by atoms with Crippen molar-refractivity contribution in [2.24, 2.45) is 5.92 Å². The molecule has 0 bridgehead atoms. The van der Waals surface area contributed by atoms with Crippen molar-refractivity contribution in [3.63, 3.8) is 0 Å². The lowest BCUT2D eigenvalue weighted by molar-refractivity contribution is -0.127. The molecule has 0 radical (unpaired) electrons. The van der Waals surface area contributed by atoms with E-state index < -0.39 is 12.0 Å². The number of pyridine rings is 1. The summed E-state index contributed by atoms with van der Waals surface area (Å²) in [5, 5.41) is 11.3. The summed E-state index contributed by atoms with van der Waals surface area (Å²) in [5.41, 5.74) is 2.74. The average Bonchev–Trinajstić information content (AvgIpc) is 3.34. The van der Waals surface area contributed by atoms with Gasteiger partial charge in [-0.15, -0.1) is 5.10 Å². The molecular weight excluding hydrogens is 496 g/mol. The normalized spacial score (nSPS) is 11.8. The van der Waals surface area contributed by atoms with Crippen molar-refractivity contribution in [2.75, 3.05) is 18.1 Å². The summed E-state index contributed by atoms with van der Waals surface area (Å²) in [6, 6.07) is 16.2. The van der Waals surface area contributed by atoms with E-state index in [1.165, 1.54) is 9.58 Å². The van der Waals surface area contributed by atoms with Gasteiger partial charge in [0.25, 0.3) is 0 Å². The van der Waals surface area contributed by atoms with Gasteiger partial charge in [-0.1, -0.05) is 31.2 Å². The van der Waals surface area contributed by atoms with Crippen LogP contribution in [0.3, 0.4) is 0 Å². The third-order valence-corrected chi connectivity index (χ3v) is 6.18. The van der Waals surface area contributed by atoms with Gasteiger partial charge in [0, 0.05) is 24.6 Å². The van der Waals surface area contributed by atoms with E-state index in [1.807, 2.05) is 24.3 Å². The summed E-state index contributed by atoms with van der Waals surface area (Å²) >= 11 is 0. The molecule has 202 valence electrons. The molecule has 0 aliphatic carbocycles. The molecule has 1 N–H and O–H groups in total. The van der Waals surface area contributed by atoms with Crippen LogP contribution in [0, 0.1) is 5.92 Å². The molecule has 1 atom stereocenters. The Hall–Kier alpha value is -4.60. The molecule has 0 aliphatic rings. The molecule has 0 saturated heterocycles. The fourth-order valence-corrected chi connectivity index (χ4v) is 4.19. The number of amides is 2. The van der Waals surface area contributed by atoms with E-state index in [0.29, 0.717) is 40.3 Å². The number of nitrogens with zero attached hydrogens (tertiary/aromatic N) is 5. The van der Waals surface area contributed by atoms with Crippen LogP contribution < -0.4 is 10.2 Å². The van der Waals surface area contributed by atoms with Crippen molar-refractivity contribution in [3.8, 4) is 0 Å². The number of esters is 1. The SMILES string of the molecule is CCOC(=O)c1ccc(N(C(=O)Cn2nnc3ccccc32)[C@@H](C(=O)NCCC(C)C)c2ccncc2)cc1. The van der Waals surface area contributed by atoms with Gasteiger partial charge in [-0.25, -0.2) is 9.48 Å². The molecule has 0 spiro atoms. The van der Waals surface area contributed by atoms with Crippen LogP contribution in [-0.2, 0) is 20.9 Å². The summed E-state index contributed by atoms with van der Waals surface area (Å²) in [6.45, 7) is 6.46. The molecule has 0 aliphatic heterocycles. The Bertz CT molecular complexity index is 1420. The first kappa shape index (κ1) is 27.4. The Morgan fingerprint density at radius 3 is 2.41 bits per heavy atom. The van der Waals surface area contributed by atoms with E-state index in [0.717, 1.165) is 6.42 Å². The third-order valence-electron chi connectivity index (χ3n) is 6.18. The number of fused-ring (bicyclic) bond motifs is 1.